The minimum atomic E-state index is -4.39. The van der Waals surface area contributed by atoms with Crippen LogP contribution < -0.4 is 4.31 Å². The summed E-state index contributed by atoms with van der Waals surface area (Å²) in [7, 11) is -4.39. The van der Waals surface area contributed by atoms with Crippen LogP contribution in [0.2, 0.25) is 5.02 Å². The van der Waals surface area contributed by atoms with Gasteiger partial charge in [0.2, 0.25) is 0 Å². The molecule has 0 unspecified atom stereocenters. The zero-order valence-electron chi connectivity index (χ0n) is 9.90. The van der Waals surface area contributed by atoms with Crippen LogP contribution in [0.25, 0.3) is 0 Å². The molecule has 0 aromatic heterocycles. The molecule has 2 aromatic carbocycles. The van der Waals surface area contributed by atoms with Gasteiger partial charge in [0, 0.05) is 0 Å². The van der Waals surface area contributed by atoms with Crippen molar-refractivity contribution in [3.63, 3.8) is 0 Å². The second kappa shape index (κ2) is 5.61. The topological polar surface area (TPSA) is 57.6 Å². The van der Waals surface area contributed by atoms with Crippen LogP contribution in [0.3, 0.4) is 0 Å². The summed E-state index contributed by atoms with van der Waals surface area (Å²) in [5.41, 5.74) is 0.996. The van der Waals surface area contributed by atoms with E-state index < -0.39 is 10.3 Å². The highest BCUT2D eigenvalue weighted by molar-refractivity contribution is 7.87. The van der Waals surface area contributed by atoms with Crippen molar-refractivity contribution in [2.45, 2.75) is 6.54 Å². The lowest BCUT2D eigenvalue weighted by Crippen LogP contribution is -2.29. The Morgan fingerprint density at radius 2 is 1.58 bits per heavy atom. The Morgan fingerprint density at radius 3 is 2.16 bits per heavy atom. The van der Waals surface area contributed by atoms with Crippen molar-refractivity contribution in [3.05, 3.63) is 65.2 Å². The Hall–Kier alpha value is -1.56. The summed E-state index contributed by atoms with van der Waals surface area (Å²) in [6, 6.07) is 15.4. The predicted octanol–water partition coefficient (Wildman–Crippen LogP) is 3.15. The van der Waals surface area contributed by atoms with Crippen LogP contribution in [0.15, 0.2) is 54.6 Å². The molecule has 0 bridgehead atoms. The van der Waals surface area contributed by atoms with Crippen molar-refractivity contribution in [1.29, 1.82) is 0 Å². The van der Waals surface area contributed by atoms with Crippen molar-refractivity contribution in [1.82, 2.24) is 0 Å². The van der Waals surface area contributed by atoms with Crippen LogP contribution in [-0.4, -0.2) is 13.0 Å². The Bertz CT molecular complexity index is 659. The number of nitrogens with zero attached hydrogens (tertiary/aromatic N) is 1. The molecule has 2 aromatic rings. The van der Waals surface area contributed by atoms with E-state index in [0.717, 1.165) is 9.87 Å². The van der Waals surface area contributed by atoms with Gasteiger partial charge in [0.25, 0.3) is 0 Å². The van der Waals surface area contributed by atoms with Crippen LogP contribution in [-0.2, 0) is 16.8 Å². The molecule has 1 N–H and O–H groups in total. The monoisotopic (exact) mass is 297 g/mol. The molecule has 0 aliphatic heterocycles. The van der Waals surface area contributed by atoms with E-state index in [1.54, 1.807) is 48.5 Å². The molecule has 4 nitrogen and oxygen atoms in total. The normalized spacial score (nSPS) is 11.3. The number of anilines is 1. The molecule has 0 amide bonds. The van der Waals surface area contributed by atoms with Crippen molar-refractivity contribution in [3.8, 4) is 0 Å². The minimum Gasteiger partial charge on any atom is -0.269 e. The van der Waals surface area contributed by atoms with Crippen molar-refractivity contribution < 1.29 is 13.0 Å². The summed E-state index contributed by atoms with van der Waals surface area (Å²) < 4.78 is 33.2. The van der Waals surface area contributed by atoms with Crippen molar-refractivity contribution in [2.75, 3.05) is 4.31 Å². The predicted molar refractivity (Wildman–Crippen MR) is 75.6 cm³/mol. The first-order valence-corrected chi connectivity index (χ1v) is 7.29. The van der Waals surface area contributed by atoms with E-state index in [4.69, 9.17) is 11.6 Å². The first-order valence-electron chi connectivity index (χ1n) is 5.52. The highest BCUT2D eigenvalue weighted by Crippen LogP contribution is 2.28. The summed E-state index contributed by atoms with van der Waals surface area (Å²) >= 11 is 5.97. The largest absolute Gasteiger partial charge is 0.360 e. The summed E-state index contributed by atoms with van der Waals surface area (Å²) in [5.74, 6) is 0. The summed E-state index contributed by atoms with van der Waals surface area (Å²) in [6.07, 6.45) is 0. The third-order valence-electron chi connectivity index (χ3n) is 2.57. The minimum absolute atomic E-state index is 0.0173. The van der Waals surface area contributed by atoms with Crippen molar-refractivity contribution in [2.24, 2.45) is 0 Å². The molecule has 2 rings (SSSR count). The van der Waals surface area contributed by atoms with Gasteiger partial charge in [0.1, 0.15) is 0 Å². The molecule has 100 valence electrons. The zero-order chi connectivity index (χ0) is 13.9. The highest BCUT2D eigenvalue weighted by atomic mass is 35.5. The van der Waals surface area contributed by atoms with Gasteiger partial charge in [0.15, 0.2) is 0 Å². The Morgan fingerprint density at radius 1 is 1.00 bits per heavy atom. The van der Waals surface area contributed by atoms with Crippen LogP contribution in [0, 0.1) is 0 Å². The third-order valence-corrected chi connectivity index (χ3v) is 3.77. The fraction of sp³-hybridized carbons (Fsp3) is 0.0769. The van der Waals surface area contributed by atoms with Gasteiger partial charge in [-0.05, 0) is 17.7 Å². The van der Waals surface area contributed by atoms with Gasteiger partial charge < -0.3 is 0 Å². The molecule has 0 saturated heterocycles. The second-order valence-electron chi connectivity index (χ2n) is 3.92. The lowest BCUT2D eigenvalue weighted by Gasteiger charge is -2.21. The lowest BCUT2D eigenvalue weighted by atomic mass is 10.2. The molecule has 0 spiro atoms. The van der Waals surface area contributed by atoms with E-state index in [0.29, 0.717) is 0 Å². The summed E-state index contributed by atoms with van der Waals surface area (Å²) in [5, 5.41) is 0.260. The molecule has 0 saturated carbocycles. The van der Waals surface area contributed by atoms with Gasteiger partial charge in [-0.3, -0.25) is 4.55 Å². The number of halogens is 1. The number of para-hydroxylation sites is 1. The standard InChI is InChI=1S/C13H12ClNO3S/c14-12-8-4-5-9-13(12)15(19(16,17)18)10-11-6-2-1-3-7-11/h1-9H,10H2,(H,16,17,18). The fourth-order valence-corrected chi connectivity index (χ4v) is 2.70. The van der Waals surface area contributed by atoms with Crippen LogP contribution >= 0.6 is 11.6 Å². The molecule has 19 heavy (non-hydrogen) atoms. The van der Waals surface area contributed by atoms with Gasteiger partial charge in [-0.15, -0.1) is 0 Å². The van der Waals surface area contributed by atoms with Crippen LogP contribution in [0.4, 0.5) is 5.69 Å². The first kappa shape index (κ1) is 13.9. The molecular weight excluding hydrogens is 286 g/mol. The number of rotatable bonds is 4. The average molecular weight is 298 g/mol. The molecule has 6 heteroatoms. The van der Waals surface area contributed by atoms with Gasteiger partial charge in [-0.25, -0.2) is 4.31 Å². The Labute approximate surface area is 117 Å². The zero-order valence-corrected chi connectivity index (χ0v) is 11.5. The highest BCUT2D eigenvalue weighted by Gasteiger charge is 2.21. The fourth-order valence-electron chi connectivity index (χ4n) is 1.69. The van der Waals surface area contributed by atoms with Crippen molar-refractivity contribution >= 4 is 27.6 Å². The maximum absolute atomic E-state index is 11.5. The van der Waals surface area contributed by atoms with Crippen LogP contribution in [0.5, 0.6) is 0 Å². The summed E-state index contributed by atoms with van der Waals surface area (Å²) in [6.45, 7) is 0.0173. The van der Waals surface area contributed by atoms with E-state index in [-0.39, 0.29) is 17.3 Å². The SMILES string of the molecule is O=S(=O)(O)N(Cc1ccccc1)c1ccccc1Cl. The Kier molecular flexibility index (Phi) is 4.09. The second-order valence-corrected chi connectivity index (χ2v) is 5.67. The van der Waals surface area contributed by atoms with Gasteiger partial charge >= 0.3 is 10.3 Å². The van der Waals surface area contributed by atoms with E-state index in [2.05, 4.69) is 0 Å². The average Bonchev–Trinajstić information content (AvgIpc) is 2.37. The third kappa shape index (κ3) is 3.47. The number of hydrogen-bond donors (Lipinski definition) is 1. The van der Waals surface area contributed by atoms with E-state index in [9.17, 15) is 13.0 Å². The molecule has 0 radical (unpaired) electrons. The van der Waals surface area contributed by atoms with E-state index in [1.807, 2.05) is 6.07 Å². The molecule has 0 aliphatic rings. The lowest BCUT2D eigenvalue weighted by molar-refractivity contribution is 0.477. The van der Waals surface area contributed by atoms with Crippen LogP contribution in [0.1, 0.15) is 5.56 Å². The van der Waals surface area contributed by atoms with Gasteiger partial charge in [0.05, 0.1) is 17.3 Å². The quantitative estimate of drug-likeness (QED) is 0.882. The molecule has 0 aliphatic carbocycles. The van der Waals surface area contributed by atoms with Gasteiger partial charge in [-0.1, -0.05) is 54.1 Å². The first-order chi connectivity index (χ1) is 8.98. The maximum atomic E-state index is 11.5. The molecule has 0 atom stereocenters. The van der Waals surface area contributed by atoms with E-state index >= 15 is 0 Å². The number of benzene rings is 2. The number of hydrogen-bond acceptors (Lipinski definition) is 2. The van der Waals surface area contributed by atoms with Gasteiger partial charge in [-0.2, -0.15) is 8.42 Å². The Balaban J connectivity index is 2.41. The molecule has 0 fully saturated rings. The smallest absolute Gasteiger partial charge is 0.269 e. The molecular formula is C13H12ClNO3S. The summed E-state index contributed by atoms with van der Waals surface area (Å²) in [4.78, 5) is 0. The van der Waals surface area contributed by atoms with E-state index in [1.165, 1.54) is 0 Å². The molecule has 0 heterocycles. The maximum Gasteiger partial charge on any atom is 0.360 e.